The summed E-state index contributed by atoms with van der Waals surface area (Å²) in [5.74, 6) is 0.611. The first-order valence-corrected chi connectivity index (χ1v) is 14.6. The third-order valence-corrected chi connectivity index (χ3v) is 7.22. The van der Waals surface area contributed by atoms with Crippen molar-refractivity contribution in [1.29, 1.82) is 10.5 Å². The lowest BCUT2D eigenvalue weighted by atomic mass is 10.1. The molecule has 4 aromatic rings. The minimum absolute atomic E-state index is 0.156. The number of rotatable bonds is 11. The van der Waals surface area contributed by atoms with Crippen LogP contribution in [0.4, 0.5) is 17.1 Å². The lowest BCUT2D eigenvalue weighted by molar-refractivity contribution is -0.111. The highest BCUT2D eigenvalue weighted by atomic mass is 35.5. The van der Waals surface area contributed by atoms with Gasteiger partial charge in [0.05, 0.1) is 52.3 Å². The summed E-state index contributed by atoms with van der Waals surface area (Å²) in [5, 5.41) is 26.3. The van der Waals surface area contributed by atoms with Crippen molar-refractivity contribution in [3.05, 3.63) is 94.7 Å². The number of amides is 1. The smallest absolute Gasteiger partial charge is 0.248 e. The van der Waals surface area contributed by atoms with Crippen LogP contribution < -0.4 is 20.1 Å². The summed E-state index contributed by atoms with van der Waals surface area (Å²) < 4.78 is 17.6. The van der Waals surface area contributed by atoms with Crippen LogP contribution in [-0.2, 0) is 16.1 Å². The molecule has 1 fully saturated rings. The fraction of sp³-hybridized carbons (Fsp3) is 0.235. The highest BCUT2D eigenvalue weighted by Crippen LogP contribution is 2.38. The average Bonchev–Trinajstić information content (AvgIpc) is 3.54. The zero-order valence-corrected chi connectivity index (χ0v) is 25.6. The van der Waals surface area contributed by atoms with E-state index in [4.69, 9.17) is 31.1 Å². The molecule has 0 saturated carbocycles. The summed E-state index contributed by atoms with van der Waals surface area (Å²) in [6, 6.07) is 20.2. The van der Waals surface area contributed by atoms with Gasteiger partial charge in [-0.2, -0.15) is 10.5 Å². The van der Waals surface area contributed by atoms with Crippen molar-refractivity contribution in [3.8, 4) is 23.6 Å². The molecular formula is C34H31ClN6O4. The van der Waals surface area contributed by atoms with Crippen LogP contribution in [0.3, 0.4) is 0 Å². The number of hydrogen-bond acceptors (Lipinski definition) is 9. The topological polar surface area (TPSA) is 133 Å². The first-order chi connectivity index (χ1) is 21.8. The number of aromatic nitrogens is 1. The molecule has 1 aliphatic heterocycles. The van der Waals surface area contributed by atoms with Crippen molar-refractivity contribution in [3.63, 3.8) is 0 Å². The molecule has 0 bridgehead atoms. The minimum Gasteiger partial charge on any atom is -0.487 e. The molecule has 1 unspecified atom stereocenters. The van der Waals surface area contributed by atoms with Crippen LogP contribution in [0.25, 0.3) is 10.9 Å². The molecule has 5 rings (SSSR count). The van der Waals surface area contributed by atoms with E-state index in [1.165, 1.54) is 12.3 Å². The monoisotopic (exact) mass is 622 g/mol. The number of hydrogen-bond donors (Lipinski definition) is 2. The number of fused-ring (bicyclic) bond motifs is 1. The molecule has 1 saturated heterocycles. The molecular weight excluding hydrogens is 592 g/mol. The predicted molar refractivity (Wildman–Crippen MR) is 173 cm³/mol. The average molecular weight is 623 g/mol. The van der Waals surface area contributed by atoms with E-state index in [1.807, 2.05) is 25.1 Å². The Hall–Kier alpha value is -5.13. The van der Waals surface area contributed by atoms with Crippen LogP contribution in [0.5, 0.6) is 11.5 Å². The molecule has 0 spiro atoms. The molecule has 3 aromatic carbocycles. The number of carbonyl (C=O) groups is 1. The largest absolute Gasteiger partial charge is 0.487 e. The SMILES string of the molecule is CN(C)C/C=C/C(=O)Nc1cc2c(Nc3ccc(OCc4cccc(C#N)c4)c(Cl)c3)c(C#N)cnc2cc1OC1CCOC1. The Morgan fingerprint density at radius 1 is 1.16 bits per heavy atom. The molecule has 2 N–H and O–H groups in total. The van der Waals surface area contributed by atoms with Gasteiger partial charge in [0.25, 0.3) is 0 Å². The van der Waals surface area contributed by atoms with Gasteiger partial charge in [-0.25, -0.2) is 0 Å². The Bertz CT molecular complexity index is 1820. The van der Waals surface area contributed by atoms with Crippen molar-refractivity contribution in [2.75, 3.05) is 44.5 Å². The minimum atomic E-state index is -0.315. The predicted octanol–water partition coefficient (Wildman–Crippen LogP) is 6.18. The third kappa shape index (κ3) is 8.08. The summed E-state index contributed by atoms with van der Waals surface area (Å²) in [5.41, 5.74) is 3.81. The molecule has 11 heteroatoms. The lowest BCUT2D eigenvalue weighted by Gasteiger charge is -2.19. The van der Waals surface area contributed by atoms with Crippen LogP contribution in [0, 0.1) is 22.7 Å². The standard InChI is InChI=1S/C34H31ClN6O4/c1-41(2)11-4-7-33(42)40-30-15-27-29(16-32(30)45-26-10-12-43-21-26)38-19-24(18-37)34(27)39-25-8-9-31(28(35)14-25)44-20-23-6-3-5-22(13-23)17-36/h3-9,13-16,19,26H,10-12,20-21H2,1-2H3,(H,38,39)(H,40,42)/b7-4+. The van der Waals surface area contributed by atoms with Crippen molar-refractivity contribution in [2.45, 2.75) is 19.1 Å². The highest BCUT2D eigenvalue weighted by Gasteiger charge is 2.21. The van der Waals surface area contributed by atoms with Crippen molar-refractivity contribution in [1.82, 2.24) is 9.88 Å². The number of carbonyl (C=O) groups excluding carboxylic acids is 1. The fourth-order valence-electron chi connectivity index (χ4n) is 4.70. The summed E-state index contributed by atoms with van der Waals surface area (Å²) >= 11 is 6.58. The van der Waals surface area contributed by atoms with Crippen molar-refractivity contribution < 1.29 is 19.0 Å². The van der Waals surface area contributed by atoms with E-state index in [1.54, 1.807) is 54.6 Å². The van der Waals surface area contributed by atoms with Crippen molar-refractivity contribution >= 4 is 45.5 Å². The van der Waals surface area contributed by atoms with Gasteiger partial charge in [-0.3, -0.25) is 9.78 Å². The number of nitrogens with one attached hydrogen (secondary N) is 2. The molecule has 228 valence electrons. The Kier molecular flexibility index (Phi) is 10.1. The Labute approximate surface area is 266 Å². The number of pyridine rings is 1. The zero-order valence-electron chi connectivity index (χ0n) is 24.8. The van der Waals surface area contributed by atoms with Gasteiger partial charge < -0.3 is 29.7 Å². The van der Waals surface area contributed by atoms with Gasteiger partial charge in [-0.1, -0.05) is 29.8 Å². The van der Waals surface area contributed by atoms with Gasteiger partial charge in [0, 0.05) is 42.4 Å². The maximum absolute atomic E-state index is 12.8. The van der Waals surface area contributed by atoms with E-state index in [2.05, 4.69) is 27.8 Å². The molecule has 1 aliphatic rings. The zero-order chi connectivity index (χ0) is 31.8. The lowest BCUT2D eigenvalue weighted by Crippen LogP contribution is -2.18. The van der Waals surface area contributed by atoms with Crippen LogP contribution in [0.1, 0.15) is 23.1 Å². The van der Waals surface area contributed by atoms with E-state index >= 15 is 0 Å². The van der Waals surface area contributed by atoms with Crippen LogP contribution in [-0.4, -0.2) is 55.7 Å². The summed E-state index contributed by atoms with van der Waals surface area (Å²) in [6.45, 7) is 1.91. The Morgan fingerprint density at radius 3 is 2.76 bits per heavy atom. The van der Waals surface area contributed by atoms with Gasteiger partial charge in [-0.15, -0.1) is 0 Å². The number of halogens is 1. The van der Waals surface area contributed by atoms with Gasteiger partial charge in [-0.05, 0) is 56.1 Å². The van der Waals surface area contributed by atoms with E-state index < -0.39 is 0 Å². The maximum Gasteiger partial charge on any atom is 0.248 e. The number of nitriles is 2. The second kappa shape index (κ2) is 14.6. The molecule has 1 amide bonds. The molecule has 45 heavy (non-hydrogen) atoms. The van der Waals surface area contributed by atoms with Crippen LogP contribution >= 0.6 is 11.6 Å². The van der Waals surface area contributed by atoms with E-state index in [0.29, 0.717) is 75.4 Å². The van der Waals surface area contributed by atoms with E-state index in [9.17, 15) is 10.1 Å². The van der Waals surface area contributed by atoms with Gasteiger partial charge in [0.1, 0.15) is 30.3 Å². The fourth-order valence-corrected chi connectivity index (χ4v) is 4.93. The summed E-state index contributed by atoms with van der Waals surface area (Å²) in [4.78, 5) is 19.3. The summed E-state index contributed by atoms with van der Waals surface area (Å²) in [6.07, 6.45) is 5.31. The second-order valence-corrected chi connectivity index (χ2v) is 11.1. The van der Waals surface area contributed by atoms with Crippen molar-refractivity contribution in [2.24, 2.45) is 0 Å². The molecule has 1 atom stereocenters. The summed E-state index contributed by atoms with van der Waals surface area (Å²) in [7, 11) is 3.83. The maximum atomic E-state index is 12.8. The number of benzene rings is 3. The Balaban J connectivity index is 1.44. The first-order valence-electron chi connectivity index (χ1n) is 14.2. The second-order valence-electron chi connectivity index (χ2n) is 10.7. The Morgan fingerprint density at radius 2 is 2.02 bits per heavy atom. The van der Waals surface area contributed by atoms with Crippen LogP contribution in [0.2, 0.25) is 5.02 Å². The van der Waals surface area contributed by atoms with E-state index in [0.717, 1.165) is 12.0 Å². The van der Waals surface area contributed by atoms with Gasteiger partial charge in [0.2, 0.25) is 5.91 Å². The molecule has 10 nitrogen and oxygen atoms in total. The molecule has 2 heterocycles. The number of anilines is 3. The van der Waals surface area contributed by atoms with Crippen LogP contribution in [0.15, 0.2) is 72.9 Å². The molecule has 0 aliphatic carbocycles. The third-order valence-electron chi connectivity index (χ3n) is 6.92. The van der Waals surface area contributed by atoms with E-state index in [-0.39, 0.29) is 18.6 Å². The molecule has 1 aromatic heterocycles. The van der Waals surface area contributed by atoms with Gasteiger partial charge >= 0.3 is 0 Å². The number of nitrogens with zero attached hydrogens (tertiary/aromatic N) is 4. The van der Waals surface area contributed by atoms with Gasteiger partial charge in [0.15, 0.2) is 0 Å². The molecule has 0 radical (unpaired) electrons. The quantitative estimate of drug-likeness (QED) is 0.188. The normalized spacial score (nSPS) is 14.3. The number of likely N-dealkylation sites (N-methyl/N-ethyl adjacent to an activating group) is 1. The first kappa shape index (κ1) is 31.3. The highest BCUT2D eigenvalue weighted by molar-refractivity contribution is 6.32. The number of ether oxygens (including phenoxy) is 3.